The lowest BCUT2D eigenvalue weighted by molar-refractivity contribution is -0.163. The van der Waals surface area contributed by atoms with Crippen molar-refractivity contribution in [2.24, 2.45) is 17.8 Å². The van der Waals surface area contributed by atoms with Crippen LogP contribution in [-0.2, 0) is 33.4 Å². The Morgan fingerprint density at radius 2 is 1.72 bits per heavy atom. The molecule has 0 unspecified atom stereocenters. The van der Waals surface area contributed by atoms with Gasteiger partial charge in [0, 0.05) is 25.8 Å². The maximum atomic E-state index is 15.1. The molecule has 2 fully saturated rings. The molecule has 278 valence electrons. The second-order valence-electron chi connectivity index (χ2n) is 14.8. The Hall–Kier alpha value is -4.84. The summed E-state index contributed by atoms with van der Waals surface area (Å²) in [6.07, 6.45) is 6.18. The van der Waals surface area contributed by atoms with Crippen LogP contribution in [0.1, 0.15) is 44.8 Å². The van der Waals surface area contributed by atoms with E-state index in [1.807, 2.05) is 92.7 Å². The third-order valence-corrected chi connectivity index (χ3v) is 10.9. The number of ether oxygens (including phenoxy) is 3. The largest absolute Gasteiger partial charge is 0.455 e. The summed E-state index contributed by atoms with van der Waals surface area (Å²) in [5.74, 6) is -3.92. The van der Waals surface area contributed by atoms with Crippen LogP contribution in [0.15, 0.2) is 97.1 Å². The number of nitrogens with zero attached hydrogens (tertiary/aromatic N) is 2. The predicted octanol–water partition coefficient (Wildman–Crippen LogP) is 4.50. The molecule has 11 nitrogen and oxygen atoms in total. The highest BCUT2D eigenvalue weighted by atomic mass is 16.6. The standard InChI is InChI=1S/C42H47N3O8/c1-26(2)22-31(24-46)45-38-40(49)44(30-19-18-27-12-7-8-15-29(27)23-30)21-11-20-42(38)36(39(45)48)35-33(53-42)16-9-10-17-34(47)43-32(25-51-3)37(52-41(35)50)28-13-5-4-6-14-28/h4-9,11-16,18-20,23,26,31-33,35-38,46H,10,17,21-22,24-25H2,1-3H3,(H,43,47)/b16-9-/t31-,32+,33+,35-,36-,37+,38+,42-/m1/s1. The molecular weight excluding hydrogens is 674 g/mol. The Balaban J connectivity index is 1.34. The zero-order chi connectivity index (χ0) is 37.3. The molecule has 11 heteroatoms. The number of rotatable bonds is 8. The van der Waals surface area contributed by atoms with Crippen molar-refractivity contribution in [2.45, 2.75) is 69.0 Å². The first-order valence-electron chi connectivity index (χ1n) is 18.5. The van der Waals surface area contributed by atoms with Crippen LogP contribution in [-0.4, -0.2) is 90.4 Å². The topological polar surface area (TPSA) is 135 Å². The number of carbonyl (C=O) groups excluding carboxylic acids is 4. The van der Waals surface area contributed by atoms with Gasteiger partial charge in [0.05, 0.1) is 37.3 Å². The highest BCUT2D eigenvalue weighted by Gasteiger charge is 2.72. The first-order chi connectivity index (χ1) is 25.7. The Bertz CT molecular complexity index is 1910. The van der Waals surface area contributed by atoms with E-state index < -0.39 is 59.6 Å². The van der Waals surface area contributed by atoms with Crippen LogP contribution >= 0.6 is 0 Å². The van der Waals surface area contributed by atoms with E-state index in [0.29, 0.717) is 24.1 Å². The van der Waals surface area contributed by atoms with Gasteiger partial charge in [0.15, 0.2) is 0 Å². The van der Waals surface area contributed by atoms with Crippen LogP contribution in [0, 0.1) is 17.8 Å². The van der Waals surface area contributed by atoms with Gasteiger partial charge >= 0.3 is 5.97 Å². The van der Waals surface area contributed by atoms with E-state index in [1.54, 1.807) is 23.1 Å². The number of benzene rings is 3. The number of aliphatic hydroxyl groups is 1. The molecule has 3 aromatic rings. The van der Waals surface area contributed by atoms with Crippen molar-refractivity contribution in [1.82, 2.24) is 10.2 Å². The summed E-state index contributed by atoms with van der Waals surface area (Å²) in [6.45, 7) is 3.89. The third-order valence-electron chi connectivity index (χ3n) is 10.9. The summed E-state index contributed by atoms with van der Waals surface area (Å²) in [4.78, 5) is 61.1. The van der Waals surface area contributed by atoms with Crippen LogP contribution in [0.5, 0.6) is 0 Å². The third kappa shape index (κ3) is 6.77. The van der Waals surface area contributed by atoms with Gasteiger partial charge in [0.25, 0.3) is 5.91 Å². The molecule has 3 amide bonds. The molecule has 8 atom stereocenters. The average Bonchev–Trinajstić information content (AvgIpc) is 3.55. The molecule has 7 rings (SSSR count). The zero-order valence-corrected chi connectivity index (χ0v) is 30.3. The van der Waals surface area contributed by atoms with Gasteiger partial charge in [-0.1, -0.05) is 98.8 Å². The quantitative estimate of drug-likeness (QED) is 0.257. The molecule has 3 aromatic carbocycles. The first-order valence-corrected chi connectivity index (χ1v) is 18.5. The summed E-state index contributed by atoms with van der Waals surface area (Å²) >= 11 is 0. The van der Waals surface area contributed by atoms with Gasteiger partial charge in [-0.3, -0.25) is 19.2 Å². The molecule has 2 N–H and O–H groups in total. The minimum atomic E-state index is -1.55. The van der Waals surface area contributed by atoms with Crippen LogP contribution in [0.25, 0.3) is 10.8 Å². The van der Waals surface area contributed by atoms with E-state index in [1.165, 1.54) is 12.0 Å². The molecule has 1 spiro atoms. The number of esters is 1. The second kappa shape index (κ2) is 15.3. The van der Waals surface area contributed by atoms with Crippen LogP contribution in [0.4, 0.5) is 5.69 Å². The summed E-state index contributed by atoms with van der Waals surface area (Å²) < 4.78 is 18.8. The van der Waals surface area contributed by atoms with E-state index in [9.17, 15) is 14.7 Å². The highest BCUT2D eigenvalue weighted by molar-refractivity contribution is 6.06. The van der Waals surface area contributed by atoms with Gasteiger partial charge in [-0.15, -0.1) is 0 Å². The van der Waals surface area contributed by atoms with Crippen LogP contribution in [0.3, 0.4) is 0 Å². The Morgan fingerprint density at radius 3 is 2.45 bits per heavy atom. The summed E-state index contributed by atoms with van der Waals surface area (Å²) in [6, 6.07) is 20.2. The van der Waals surface area contributed by atoms with E-state index in [0.717, 1.165) is 10.8 Å². The van der Waals surface area contributed by atoms with Crippen molar-refractivity contribution < 1.29 is 38.5 Å². The number of hydrogen-bond donors (Lipinski definition) is 2. The summed E-state index contributed by atoms with van der Waals surface area (Å²) in [5, 5.41) is 15.8. The Labute approximate surface area is 309 Å². The molecule has 53 heavy (non-hydrogen) atoms. The number of nitrogens with one attached hydrogen (secondary N) is 1. The number of allylic oxidation sites excluding steroid dienone is 1. The van der Waals surface area contributed by atoms with Crippen LogP contribution in [0.2, 0.25) is 0 Å². The SMILES string of the molecule is COC[C@@H]1NC(=O)CC/C=C\[C@@H]2O[C@@]34C=CCN(c5ccc6ccccc6c5)C(=O)[C@@H]3N([C@@H](CO)CC(C)C)C(=O)[C@H]4[C@@H]2C(=O)O[C@H]1c1ccccc1. The minimum absolute atomic E-state index is 0.0659. The van der Waals surface area contributed by atoms with E-state index >= 15 is 9.59 Å². The smallest absolute Gasteiger partial charge is 0.313 e. The number of cyclic esters (lactones) is 1. The molecule has 0 bridgehead atoms. The van der Waals surface area contributed by atoms with Crippen molar-refractivity contribution >= 4 is 40.2 Å². The number of aliphatic hydroxyl groups excluding tert-OH is 1. The fraction of sp³-hybridized carbons (Fsp3) is 0.429. The first kappa shape index (κ1) is 36.5. The molecule has 2 saturated heterocycles. The maximum absolute atomic E-state index is 15.1. The molecule has 0 aromatic heterocycles. The lowest BCUT2D eigenvalue weighted by atomic mass is 9.77. The molecule has 0 saturated carbocycles. The van der Waals surface area contributed by atoms with Gasteiger partial charge in [-0.2, -0.15) is 0 Å². The van der Waals surface area contributed by atoms with E-state index in [4.69, 9.17) is 14.2 Å². The summed E-state index contributed by atoms with van der Waals surface area (Å²) in [5.41, 5.74) is -0.247. The number of fused-ring (bicyclic) bond motifs is 3. The fourth-order valence-electron chi connectivity index (χ4n) is 8.62. The van der Waals surface area contributed by atoms with Crippen molar-refractivity contribution in [2.75, 3.05) is 31.8 Å². The van der Waals surface area contributed by atoms with E-state index in [2.05, 4.69) is 5.32 Å². The Kier molecular flexibility index (Phi) is 10.5. The van der Waals surface area contributed by atoms with Gasteiger partial charge in [0.1, 0.15) is 23.7 Å². The maximum Gasteiger partial charge on any atom is 0.313 e. The number of methoxy groups -OCH3 is 1. The lowest BCUT2D eigenvalue weighted by Crippen LogP contribution is -2.58. The van der Waals surface area contributed by atoms with Crippen LogP contribution < -0.4 is 10.2 Å². The number of hydrogen-bond acceptors (Lipinski definition) is 8. The fourth-order valence-corrected chi connectivity index (χ4v) is 8.62. The molecule has 4 heterocycles. The summed E-state index contributed by atoms with van der Waals surface area (Å²) in [7, 11) is 1.51. The predicted molar refractivity (Wildman–Crippen MR) is 198 cm³/mol. The number of likely N-dealkylation sites (tertiary alicyclic amines) is 1. The van der Waals surface area contributed by atoms with Gasteiger partial charge < -0.3 is 34.4 Å². The molecule has 4 aliphatic heterocycles. The average molecular weight is 722 g/mol. The normalized spacial score (nSPS) is 30.1. The second-order valence-corrected chi connectivity index (χ2v) is 14.8. The minimum Gasteiger partial charge on any atom is -0.455 e. The Morgan fingerprint density at radius 1 is 0.962 bits per heavy atom. The van der Waals surface area contributed by atoms with Gasteiger partial charge in [0.2, 0.25) is 11.8 Å². The van der Waals surface area contributed by atoms with Crippen molar-refractivity contribution in [3.8, 4) is 0 Å². The highest BCUT2D eigenvalue weighted by Crippen LogP contribution is 2.54. The lowest BCUT2D eigenvalue weighted by Gasteiger charge is -2.39. The van der Waals surface area contributed by atoms with Gasteiger partial charge in [-0.25, -0.2) is 0 Å². The number of carbonyl (C=O) groups is 4. The molecule has 0 aliphatic carbocycles. The number of amides is 3. The van der Waals surface area contributed by atoms with E-state index in [-0.39, 0.29) is 43.9 Å². The molecule has 4 aliphatic rings. The molecule has 0 radical (unpaired) electrons. The monoisotopic (exact) mass is 721 g/mol. The number of anilines is 1. The van der Waals surface area contributed by atoms with Gasteiger partial charge in [-0.05, 0) is 47.2 Å². The van der Waals surface area contributed by atoms with Crippen molar-refractivity contribution in [1.29, 1.82) is 0 Å². The zero-order valence-electron chi connectivity index (χ0n) is 30.3. The van der Waals surface area contributed by atoms with Crippen molar-refractivity contribution in [3.05, 3.63) is 103 Å². The molecular formula is C42H47N3O8. The van der Waals surface area contributed by atoms with Crippen molar-refractivity contribution in [3.63, 3.8) is 0 Å².